The number of halogens is 1. The molecule has 76 valence electrons. The van der Waals surface area contributed by atoms with E-state index in [-0.39, 0.29) is 0 Å². The maximum atomic E-state index is 3.58. The first-order valence-electron chi connectivity index (χ1n) is 5.07. The average molecular weight is 302 g/mol. The largest absolute Gasteiger partial charge is 0.382 e. The van der Waals surface area contributed by atoms with Gasteiger partial charge in [-0.05, 0) is 66.7 Å². The maximum Gasteiger partial charge on any atom is 0.0352 e. The first kappa shape index (κ1) is 10.2. The molecule has 0 aromatic heterocycles. The molecule has 2 N–H and O–H groups in total. The lowest BCUT2D eigenvalue weighted by molar-refractivity contribution is 0.479. The van der Waals surface area contributed by atoms with Gasteiger partial charge in [0.05, 0.1) is 0 Å². The highest BCUT2D eigenvalue weighted by Crippen LogP contribution is 2.16. The molecule has 3 heteroatoms. The van der Waals surface area contributed by atoms with Crippen molar-refractivity contribution in [2.75, 3.05) is 18.4 Å². The van der Waals surface area contributed by atoms with E-state index in [0.717, 1.165) is 13.1 Å². The van der Waals surface area contributed by atoms with Crippen LogP contribution in [0.4, 0.5) is 5.69 Å². The van der Waals surface area contributed by atoms with Gasteiger partial charge in [-0.3, -0.25) is 0 Å². The summed E-state index contributed by atoms with van der Waals surface area (Å²) in [7, 11) is 0. The van der Waals surface area contributed by atoms with E-state index >= 15 is 0 Å². The molecule has 1 fully saturated rings. The van der Waals surface area contributed by atoms with Crippen LogP contribution in [0.1, 0.15) is 12.8 Å². The van der Waals surface area contributed by atoms with Crippen molar-refractivity contribution in [3.05, 3.63) is 27.8 Å². The van der Waals surface area contributed by atoms with Crippen molar-refractivity contribution < 1.29 is 0 Å². The Balaban J connectivity index is 1.95. The summed E-state index contributed by atoms with van der Waals surface area (Å²) in [6.45, 7) is 2.28. The van der Waals surface area contributed by atoms with Crippen LogP contribution >= 0.6 is 22.6 Å². The second-order valence-electron chi connectivity index (χ2n) is 3.68. The summed E-state index contributed by atoms with van der Waals surface area (Å²) in [6.07, 6.45) is 2.46. The summed E-state index contributed by atoms with van der Waals surface area (Å²) in [5.74, 6) is 0. The zero-order valence-corrected chi connectivity index (χ0v) is 10.3. The Bertz CT molecular complexity index is 295. The first-order chi connectivity index (χ1) is 6.84. The van der Waals surface area contributed by atoms with Gasteiger partial charge in [0.1, 0.15) is 0 Å². The van der Waals surface area contributed by atoms with Crippen molar-refractivity contribution in [3.8, 4) is 0 Å². The van der Waals surface area contributed by atoms with E-state index in [1.807, 2.05) is 0 Å². The SMILES string of the molecule is Ic1cccc(NC2CCNCC2)c1. The molecule has 1 aromatic carbocycles. The Labute approximate surface area is 98.6 Å². The van der Waals surface area contributed by atoms with E-state index in [1.54, 1.807) is 0 Å². The fourth-order valence-electron chi connectivity index (χ4n) is 1.78. The van der Waals surface area contributed by atoms with E-state index in [4.69, 9.17) is 0 Å². The molecule has 0 bridgehead atoms. The molecule has 0 spiro atoms. The summed E-state index contributed by atoms with van der Waals surface area (Å²) in [5.41, 5.74) is 1.25. The van der Waals surface area contributed by atoms with Crippen LogP contribution in [0.5, 0.6) is 0 Å². The topological polar surface area (TPSA) is 24.1 Å². The van der Waals surface area contributed by atoms with Crippen molar-refractivity contribution in [2.24, 2.45) is 0 Å². The highest BCUT2D eigenvalue weighted by Gasteiger charge is 2.11. The summed E-state index contributed by atoms with van der Waals surface area (Å²) in [4.78, 5) is 0. The van der Waals surface area contributed by atoms with Crippen LogP contribution in [0.25, 0.3) is 0 Å². The lowest BCUT2D eigenvalue weighted by Gasteiger charge is -2.24. The molecule has 0 unspecified atom stereocenters. The van der Waals surface area contributed by atoms with Crippen molar-refractivity contribution in [1.82, 2.24) is 5.32 Å². The highest BCUT2D eigenvalue weighted by molar-refractivity contribution is 14.1. The third-order valence-corrected chi connectivity index (χ3v) is 3.21. The van der Waals surface area contributed by atoms with Gasteiger partial charge in [0.15, 0.2) is 0 Å². The number of anilines is 1. The number of rotatable bonds is 2. The van der Waals surface area contributed by atoms with Crippen LogP contribution in [0.3, 0.4) is 0 Å². The fraction of sp³-hybridized carbons (Fsp3) is 0.455. The molecular weight excluding hydrogens is 287 g/mol. The normalized spacial score (nSPS) is 18.1. The Morgan fingerprint density at radius 2 is 2.07 bits per heavy atom. The zero-order valence-electron chi connectivity index (χ0n) is 8.09. The Morgan fingerprint density at radius 1 is 1.29 bits per heavy atom. The van der Waals surface area contributed by atoms with Gasteiger partial charge in [-0.25, -0.2) is 0 Å². The molecule has 0 saturated carbocycles. The van der Waals surface area contributed by atoms with Gasteiger partial charge in [0.25, 0.3) is 0 Å². The van der Waals surface area contributed by atoms with Crippen LogP contribution in [0.15, 0.2) is 24.3 Å². The van der Waals surface area contributed by atoms with Gasteiger partial charge in [0, 0.05) is 15.3 Å². The zero-order chi connectivity index (χ0) is 9.80. The van der Waals surface area contributed by atoms with Gasteiger partial charge in [0.2, 0.25) is 0 Å². The molecule has 1 aliphatic heterocycles. The summed E-state index contributed by atoms with van der Waals surface area (Å²) in [5, 5.41) is 6.95. The second kappa shape index (κ2) is 4.98. The fourth-order valence-corrected chi connectivity index (χ4v) is 2.32. The predicted octanol–water partition coefficient (Wildman–Crippen LogP) is 2.46. The van der Waals surface area contributed by atoms with Crippen LogP contribution in [0.2, 0.25) is 0 Å². The number of hydrogen-bond donors (Lipinski definition) is 2. The summed E-state index contributed by atoms with van der Waals surface area (Å²) in [6, 6.07) is 9.21. The number of piperidine rings is 1. The van der Waals surface area contributed by atoms with Gasteiger partial charge in [-0.15, -0.1) is 0 Å². The van der Waals surface area contributed by atoms with Gasteiger partial charge >= 0.3 is 0 Å². The minimum Gasteiger partial charge on any atom is -0.382 e. The van der Waals surface area contributed by atoms with Gasteiger partial charge < -0.3 is 10.6 Å². The third-order valence-electron chi connectivity index (χ3n) is 2.53. The smallest absolute Gasteiger partial charge is 0.0352 e. The predicted molar refractivity (Wildman–Crippen MR) is 68.7 cm³/mol. The molecule has 2 nitrogen and oxygen atoms in total. The third kappa shape index (κ3) is 2.85. The van der Waals surface area contributed by atoms with Crippen molar-refractivity contribution in [1.29, 1.82) is 0 Å². The lowest BCUT2D eigenvalue weighted by atomic mass is 10.1. The summed E-state index contributed by atoms with van der Waals surface area (Å²) >= 11 is 2.35. The molecule has 0 radical (unpaired) electrons. The van der Waals surface area contributed by atoms with Crippen molar-refractivity contribution >= 4 is 28.3 Å². The Hall–Kier alpha value is -0.290. The lowest BCUT2D eigenvalue weighted by Crippen LogP contribution is -2.35. The molecule has 0 atom stereocenters. The molecule has 0 aliphatic carbocycles. The van der Waals surface area contributed by atoms with Gasteiger partial charge in [-0.1, -0.05) is 6.07 Å². The minimum absolute atomic E-state index is 0.648. The molecule has 14 heavy (non-hydrogen) atoms. The standard InChI is InChI=1S/C11H15IN2/c12-9-2-1-3-11(8-9)14-10-4-6-13-7-5-10/h1-3,8,10,13-14H,4-7H2. The highest BCUT2D eigenvalue weighted by atomic mass is 127. The first-order valence-corrected chi connectivity index (χ1v) is 6.15. The number of hydrogen-bond acceptors (Lipinski definition) is 2. The number of nitrogens with one attached hydrogen (secondary N) is 2. The van der Waals surface area contributed by atoms with E-state index < -0.39 is 0 Å². The van der Waals surface area contributed by atoms with Crippen LogP contribution in [-0.4, -0.2) is 19.1 Å². The van der Waals surface area contributed by atoms with Crippen LogP contribution in [-0.2, 0) is 0 Å². The van der Waals surface area contributed by atoms with Crippen LogP contribution < -0.4 is 10.6 Å². The minimum atomic E-state index is 0.648. The van der Waals surface area contributed by atoms with E-state index in [2.05, 4.69) is 57.5 Å². The average Bonchev–Trinajstić information content (AvgIpc) is 2.19. The van der Waals surface area contributed by atoms with E-state index in [1.165, 1.54) is 22.1 Å². The van der Waals surface area contributed by atoms with Gasteiger partial charge in [-0.2, -0.15) is 0 Å². The molecule has 0 amide bonds. The Kier molecular flexibility index (Phi) is 3.64. The number of benzene rings is 1. The summed E-state index contributed by atoms with van der Waals surface area (Å²) < 4.78 is 1.29. The molecule has 1 heterocycles. The van der Waals surface area contributed by atoms with E-state index in [9.17, 15) is 0 Å². The monoisotopic (exact) mass is 302 g/mol. The molecule has 1 aliphatic rings. The van der Waals surface area contributed by atoms with E-state index in [0.29, 0.717) is 6.04 Å². The maximum absolute atomic E-state index is 3.58. The van der Waals surface area contributed by atoms with Crippen molar-refractivity contribution in [3.63, 3.8) is 0 Å². The van der Waals surface area contributed by atoms with Crippen molar-refractivity contribution in [2.45, 2.75) is 18.9 Å². The van der Waals surface area contributed by atoms with Crippen LogP contribution in [0, 0.1) is 3.57 Å². The molecule has 1 aromatic rings. The molecule has 1 saturated heterocycles. The Morgan fingerprint density at radius 3 is 2.79 bits per heavy atom. The molecular formula is C11H15IN2. The second-order valence-corrected chi connectivity index (χ2v) is 4.92. The molecule has 2 rings (SSSR count). The quantitative estimate of drug-likeness (QED) is 0.820.